The lowest BCUT2D eigenvalue weighted by atomic mass is 10.0. The lowest BCUT2D eigenvalue weighted by molar-refractivity contribution is -0.117. The minimum absolute atomic E-state index is 0.0173. The Morgan fingerprint density at radius 3 is 2.57 bits per heavy atom. The van der Waals surface area contributed by atoms with Crippen LogP contribution < -0.4 is 11.1 Å². The van der Waals surface area contributed by atoms with E-state index in [1.54, 1.807) is 12.4 Å². The third-order valence-electron chi connectivity index (χ3n) is 4.36. The summed E-state index contributed by atoms with van der Waals surface area (Å²) in [5.74, 6) is 0.500. The van der Waals surface area contributed by atoms with Gasteiger partial charge in [0, 0.05) is 37.5 Å². The number of aliphatic hydroxyl groups is 1. The van der Waals surface area contributed by atoms with Gasteiger partial charge in [-0.15, -0.1) is 0 Å². The summed E-state index contributed by atoms with van der Waals surface area (Å²) in [6, 6.07) is 7.97. The summed E-state index contributed by atoms with van der Waals surface area (Å²) < 4.78 is 0. The topological polar surface area (TPSA) is 125 Å². The lowest BCUT2D eigenvalue weighted by Crippen LogP contribution is -2.15. The van der Waals surface area contributed by atoms with Crippen LogP contribution in [-0.2, 0) is 11.2 Å². The molecular formula is C21H29N5O2. The number of hydrogen-bond donors (Lipinski definition) is 4. The molecule has 0 saturated heterocycles. The number of nitrogens with zero attached hydrogens (tertiary/aromatic N) is 2. The van der Waals surface area contributed by atoms with Crippen molar-refractivity contribution in [3.8, 4) is 11.1 Å². The number of benzene rings is 1. The van der Waals surface area contributed by atoms with Crippen molar-refractivity contribution in [2.45, 2.75) is 44.9 Å². The average Bonchev–Trinajstić information content (AvgIpc) is 2.69. The molecule has 7 heteroatoms. The number of rotatable bonds is 13. The first kappa shape index (κ1) is 21.5. The molecule has 0 amide bonds. The van der Waals surface area contributed by atoms with Gasteiger partial charge in [-0.05, 0) is 30.4 Å². The summed E-state index contributed by atoms with van der Waals surface area (Å²) in [7, 11) is 0. The van der Waals surface area contributed by atoms with Crippen molar-refractivity contribution in [2.24, 2.45) is 5.73 Å². The number of aliphatic hydroxyl groups excluding tert-OH is 1. The Morgan fingerprint density at radius 2 is 1.86 bits per heavy atom. The van der Waals surface area contributed by atoms with Crippen molar-refractivity contribution in [1.29, 1.82) is 5.41 Å². The van der Waals surface area contributed by atoms with Gasteiger partial charge in [0.2, 0.25) is 5.95 Å². The zero-order chi connectivity index (χ0) is 20.2. The monoisotopic (exact) mass is 383 g/mol. The number of hydrogen-bond acceptors (Lipinski definition) is 6. The number of nitrogens with two attached hydrogens (primary N) is 1. The summed E-state index contributed by atoms with van der Waals surface area (Å²) in [4.78, 5) is 20.5. The van der Waals surface area contributed by atoms with E-state index in [-0.39, 0.29) is 24.6 Å². The fraction of sp³-hybridized carbons (Fsp3) is 0.429. The normalized spacial score (nSPS) is 10.6. The van der Waals surface area contributed by atoms with E-state index in [9.17, 15) is 4.79 Å². The molecule has 5 N–H and O–H groups in total. The Morgan fingerprint density at radius 1 is 1.11 bits per heavy atom. The van der Waals surface area contributed by atoms with E-state index in [0.717, 1.165) is 48.9 Å². The number of anilines is 1. The fourth-order valence-electron chi connectivity index (χ4n) is 2.85. The minimum atomic E-state index is -0.0882. The van der Waals surface area contributed by atoms with Crippen LogP contribution in [0, 0.1) is 5.41 Å². The quantitative estimate of drug-likeness (QED) is 0.239. The molecule has 0 fully saturated rings. The van der Waals surface area contributed by atoms with Crippen LogP contribution in [0.1, 0.15) is 44.1 Å². The fourth-order valence-corrected chi connectivity index (χ4v) is 2.85. The van der Waals surface area contributed by atoms with Gasteiger partial charge in [0.25, 0.3) is 0 Å². The Labute approximate surface area is 165 Å². The van der Waals surface area contributed by atoms with E-state index >= 15 is 0 Å². The van der Waals surface area contributed by atoms with Gasteiger partial charge >= 0.3 is 0 Å². The molecule has 0 aliphatic heterocycles. The van der Waals surface area contributed by atoms with Crippen molar-refractivity contribution in [1.82, 2.24) is 9.97 Å². The van der Waals surface area contributed by atoms with Gasteiger partial charge < -0.3 is 16.2 Å². The number of carbonyl (C=O) groups is 1. The molecule has 2 aromatic rings. The van der Waals surface area contributed by atoms with Gasteiger partial charge in [0.15, 0.2) is 0 Å². The predicted molar refractivity (Wildman–Crippen MR) is 111 cm³/mol. The molecule has 1 heterocycles. The molecule has 0 bridgehead atoms. The molecule has 28 heavy (non-hydrogen) atoms. The molecule has 1 aromatic heterocycles. The summed E-state index contributed by atoms with van der Waals surface area (Å²) in [6.07, 6.45) is 8.59. The van der Waals surface area contributed by atoms with Crippen molar-refractivity contribution in [3.05, 3.63) is 42.2 Å². The number of ketones is 1. The van der Waals surface area contributed by atoms with E-state index in [1.165, 1.54) is 0 Å². The van der Waals surface area contributed by atoms with Crippen LogP contribution in [-0.4, -0.2) is 39.8 Å². The smallest absolute Gasteiger partial charge is 0.222 e. The van der Waals surface area contributed by atoms with Crippen molar-refractivity contribution in [2.75, 3.05) is 18.5 Å². The molecule has 0 aliphatic rings. The van der Waals surface area contributed by atoms with E-state index in [0.29, 0.717) is 18.8 Å². The van der Waals surface area contributed by atoms with Crippen LogP contribution in [0.15, 0.2) is 36.7 Å². The molecular weight excluding hydrogens is 354 g/mol. The molecule has 2 rings (SSSR count). The van der Waals surface area contributed by atoms with Crippen LogP contribution in [0.25, 0.3) is 11.1 Å². The van der Waals surface area contributed by atoms with E-state index in [1.807, 2.05) is 24.3 Å². The second-order valence-corrected chi connectivity index (χ2v) is 6.80. The maximum Gasteiger partial charge on any atom is 0.222 e. The first-order chi connectivity index (χ1) is 13.6. The molecule has 0 spiro atoms. The molecule has 0 aliphatic carbocycles. The van der Waals surface area contributed by atoms with Gasteiger partial charge in [0.1, 0.15) is 5.78 Å². The maximum absolute atomic E-state index is 11.7. The molecule has 0 saturated carbocycles. The first-order valence-electron chi connectivity index (χ1n) is 9.69. The number of nitrogens with one attached hydrogen (secondary N) is 2. The molecule has 0 unspecified atom stereocenters. The number of aromatic nitrogens is 2. The highest BCUT2D eigenvalue weighted by molar-refractivity contribution is 5.98. The molecule has 0 radical (unpaired) electrons. The molecule has 0 atom stereocenters. The third-order valence-corrected chi connectivity index (χ3v) is 4.36. The minimum Gasteiger partial charge on any atom is -0.396 e. The molecule has 150 valence electrons. The number of aryl methyl sites for hydroxylation is 1. The average molecular weight is 383 g/mol. The van der Waals surface area contributed by atoms with Crippen molar-refractivity contribution < 1.29 is 9.90 Å². The first-order valence-corrected chi connectivity index (χ1v) is 9.69. The molecule has 1 aromatic carbocycles. The zero-order valence-corrected chi connectivity index (χ0v) is 16.2. The Kier molecular flexibility index (Phi) is 9.07. The second-order valence-electron chi connectivity index (χ2n) is 6.80. The van der Waals surface area contributed by atoms with Crippen molar-refractivity contribution in [3.63, 3.8) is 0 Å². The van der Waals surface area contributed by atoms with Crippen LogP contribution in [0.5, 0.6) is 0 Å². The Hall–Kier alpha value is -2.80. The maximum atomic E-state index is 11.7. The highest BCUT2D eigenvalue weighted by Gasteiger charge is 2.06. The summed E-state index contributed by atoms with van der Waals surface area (Å²) >= 11 is 0. The summed E-state index contributed by atoms with van der Waals surface area (Å²) in [5.41, 5.74) is 8.25. The van der Waals surface area contributed by atoms with Gasteiger partial charge in [-0.3, -0.25) is 10.2 Å². The lowest BCUT2D eigenvalue weighted by Gasteiger charge is -2.07. The van der Waals surface area contributed by atoms with Crippen LogP contribution in [0.4, 0.5) is 5.95 Å². The highest BCUT2D eigenvalue weighted by atomic mass is 16.2. The van der Waals surface area contributed by atoms with Crippen LogP contribution in [0.2, 0.25) is 0 Å². The van der Waals surface area contributed by atoms with Gasteiger partial charge in [-0.25, -0.2) is 9.97 Å². The number of amidine groups is 1. The standard InChI is InChI=1S/C21H29N5O2/c22-20(23)13-19(28)9-8-16-6-5-7-17(12-16)18-14-25-21(26-15-18)24-10-3-1-2-4-11-27/h5-7,12,14-15,27H,1-4,8-11,13H2,(H3,22,23)(H,24,25,26). The van der Waals surface area contributed by atoms with Gasteiger partial charge in [-0.2, -0.15) is 0 Å². The largest absolute Gasteiger partial charge is 0.396 e. The number of unbranched alkanes of at least 4 members (excludes halogenated alkanes) is 3. The Balaban J connectivity index is 1.85. The SMILES string of the molecule is N=C(N)CC(=O)CCc1cccc(-c2cnc(NCCCCCCO)nc2)c1. The highest BCUT2D eigenvalue weighted by Crippen LogP contribution is 2.20. The van der Waals surface area contributed by atoms with Crippen molar-refractivity contribution >= 4 is 17.6 Å². The third kappa shape index (κ3) is 7.84. The Bertz CT molecular complexity index is 762. The second kappa shape index (κ2) is 11.8. The summed E-state index contributed by atoms with van der Waals surface area (Å²) in [5, 5.41) is 19.2. The van der Waals surface area contributed by atoms with Crippen LogP contribution >= 0.6 is 0 Å². The predicted octanol–water partition coefficient (Wildman–Crippen LogP) is 2.94. The van der Waals surface area contributed by atoms with Gasteiger partial charge in [0.05, 0.1) is 12.3 Å². The number of carbonyl (C=O) groups excluding carboxylic acids is 1. The molecule has 7 nitrogen and oxygen atoms in total. The van der Waals surface area contributed by atoms with E-state index < -0.39 is 0 Å². The van der Waals surface area contributed by atoms with E-state index in [4.69, 9.17) is 16.2 Å². The summed E-state index contributed by atoms with van der Waals surface area (Å²) in [6.45, 7) is 1.07. The van der Waals surface area contributed by atoms with E-state index in [2.05, 4.69) is 15.3 Å². The van der Waals surface area contributed by atoms with Crippen LogP contribution in [0.3, 0.4) is 0 Å². The zero-order valence-electron chi connectivity index (χ0n) is 16.2. The van der Waals surface area contributed by atoms with Gasteiger partial charge in [-0.1, -0.05) is 37.1 Å². The number of Topliss-reactive ketones (excluding diaryl/α,β-unsaturated/α-hetero) is 1.